The maximum Gasteiger partial charge on any atom is 0.289 e. The standard InChI is InChI=1S/C27H29N3O2/c1-19-8-5-10-21(16-19)26-23(17-22-11-6-9-20(2)25(22)28-26)18-30(14-13-29(3)4)27(31)24-12-7-15-32-24/h5-12,15-17H,13-14,18H2,1-4H3. The van der Waals surface area contributed by atoms with E-state index in [2.05, 4.69) is 61.2 Å². The zero-order valence-electron chi connectivity index (χ0n) is 19.1. The van der Waals surface area contributed by atoms with Crippen LogP contribution in [0.2, 0.25) is 0 Å². The zero-order valence-corrected chi connectivity index (χ0v) is 19.1. The normalized spacial score (nSPS) is 11.3. The van der Waals surface area contributed by atoms with Gasteiger partial charge in [0.15, 0.2) is 5.76 Å². The monoisotopic (exact) mass is 427 g/mol. The Labute approximate surface area is 189 Å². The van der Waals surface area contributed by atoms with Crippen LogP contribution in [-0.4, -0.2) is 47.9 Å². The first-order chi connectivity index (χ1) is 15.4. The number of pyridine rings is 1. The van der Waals surface area contributed by atoms with E-state index < -0.39 is 0 Å². The van der Waals surface area contributed by atoms with E-state index >= 15 is 0 Å². The van der Waals surface area contributed by atoms with Crippen molar-refractivity contribution in [1.29, 1.82) is 0 Å². The summed E-state index contributed by atoms with van der Waals surface area (Å²) >= 11 is 0. The summed E-state index contributed by atoms with van der Waals surface area (Å²) in [6.45, 7) is 5.96. The quantitative estimate of drug-likeness (QED) is 0.401. The van der Waals surface area contributed by atoms with E-state index in [1.807, 2.05) is 25.1 Å². The molecule has 4 aromatic rings. The molecule has 32 heavy (non-hydrogen) atoms. The summed E-state index contributed by atoms with van der Waals surface area (Å²) in [5, 5.41) is 1.08. The summed E-state index contributed by atoms with van der Waals surface area (Å²) in [4.78, 5) is 22.2. The van der Waals surface area contributed by atoms with Crippen molar-refractivity contribution in [2.75, 3.05) is 27.2 Å². The number of nitrogens with zero attached hydrogens (tertiary/aromatic N) is 3. The van der Waals surface area contributed by atoms with Crippen LogP contribution >= 0.6 is 0 Å². The Morgan fingerprint density at radius 2 is 1.78 bits per heavy atom. The molecule has 0 aliphatic carbocycles. The highest BCUT2D eigenvalue weighted by atomic mass is 16.3. The van der Waals surface area contributed by atoms with E-state index in [-0.39, 0.29) is 5.91 Å². The van der Waals surface area contributed by atoms with Crippen molar-refractivity contribution >= 4 is 16.8 Å². The number of aromatic nitrogens is 1. The maximum absolute atomic E-state index is 13.2. The van der Waals surface area contributed by atoms with Crippen LogP contribution < -0.4 is 0 Å². The minimum Gasteiger partial charge on any atom is -0.459 e. The van der Waals surface area contributed by atoms with Gasteiger partial charge in [0, 0.05) is 30.6 Å². The third kappa shape index (κ3) is 4.73. The molecule has 2 aromatic carbocycles. The molecule has 0 radical (unpaired) electrons. The second-order valence-electron chi connectivity index (χ2n) is 8.52. The molecule has 0 atom stereocenters. The average molecular weight is 428 g/mol. The SMILES string of the molecule is Cc1cccc(-c2nc3c(C)cccc3cc2CN(CCN(C)C)C(=O)c2ccco2)c1. The van der Waals surface area contributed by atoms with Crippen LogP contribution in [0.25, 0.3) is 22.2 Å². The molecule has 4 rings (SSSR count). The minimum atomic E-state index is -0.114. The number of carbonyl (C=O) groups excluding carboxylic acids is 1. The van der Waals surface area contributed by atoms with E-state index in [9.17, 15) is 4.79 Å². The first-order valence-electron chi connectivity index (χ1n) is 10.9. The number of likely N-dealkylation sites (N-methyl/N-ethyl adjacent to an activating group) is 1. The van der Waals surface area contributed by atoms with Gasteiger partial charge < -0.3 is 14.2 Å². The Kier molecular flexibility index (Phi) is 6.37. The van der Waals surface area contributed by atoms with E-state index in [1.54, 1.807) is 12.1 Å². The highest BCUT2D eigenvalue weighted by Gasteiger charge is 2.21. The lowest BCUT2D eigenvalue weighted by atomic mass is 10.00. The van der Waals surface area contributed by atoms with Gasteiger partial charge in [-0.05, 0) is 63.3 Å². The first-order valence-corrected chi connectivity index (χ1v) is 10.9. The van der Waals surface area contributed by atoms with E-state index in [0.29, 0.717) is 18.8 Å². The molecule has 0 saturated heterocycles. The highest BCUT2D eigenvalue weighted by Crippen LogP contribution is 2.29. The van der Waals surface area contributed by atoms with Crippen LogP contribution in [0.3, 0.4) is 0 Å². The smallest absolute Gasteiger partial charge is 0.289 e. The number of para-hydroxylation sites is 1. The number of aryl methyl sites for hydroxylation is 2. The fraction of sp³-hybridized carbons (Fsp3) is 0.259. The predicted molar refractivity (Wildman–Crippen MR) is 129 cm³/mol. The second kappa shape index (κ2) is 9.37. The van der Waals surface area contributed by atoms with Crippen molar-refractivity contribution in [1.82, 2.24) is 14.8 Å². The molecule has 0 aliphatic heterocycles. The van der Waals surface area contributed by atoms with Gasteiger partial charge in [-0.1, -0.05) is 42.0 Å². The molecule has 0 N–H and O–H groups in total. The summed E-state index contributed by atoms with van der Waals surface area (Å²) in [5.41, 5.74) is 6.30. The van der Waals surface area contributed by atoms with Crippen LogP contribution in [0.5, 0.6) is 0 Å². The van der Waals surface area contributed by atoms with Gasteiger partial charge in [0.25, 0.3) is 5.91 Å². The molecule has 0 fully saturated rings. The number of hydrogen-bond donors (Lipinski definition) is 0. The van der Waals surface area contributed by atoms with Crippen LogP contribution in [-0.2, 0) is 6.54 Å². The number of fused-ring (bicyclic) bond motifs is 1. The third-order valence-corrected chi connectivity index (χ3v) is 5.62. The highest BCUT2D eigenvalue weighted by molar-refractivity contribution is 5.92. The first kappa shape index (κ1) is 21.8. The lowest BCUT2D eigenvalue weighted by Crippen LogP contribution is -2.36. The van der Waals surface area contributed by atoms with E-state index in [4.69, 9.17) is 9.40 Å². The van der Waals surface area contributed by atoms with Gasteiger partial charge in [-0.3, -0.25) is 4.79 Å². The summed E-state index contributed by atoms with van der Waals surface area (Å²) in [7, 11) is 4.02. The number of benzene rings is 2. The lowest BCUT2D eigenvalue weighted by Gasteiger charge is -2.25. The molecule has 0 spiro atoms. The van der Waals surface area contributed by atoms with Gasteiger partial charge >= 0.3 is 0 Å². The summed E-state index contributed by atoms with van der Waals surface area (Å²) in [5.74, 6) is 0.238. The Morgan fingerprint density at radius 3 is 2.50 bits per heavy atom. The van der Waals surface area contributed by atoms with Gasteiger partial charge in [-0.2, -0.15) is 0 Å². The fourth-order valence-electron chi connectivity index (χ4n) is 3.89. The van der Waals surface area contributed by atoms with Crippen LogP contribution in [0.4, 0.5) is 0 Å². The molecule has 1 amide bonds. The molecule has 5 nitrogen and oxygen atoms in total. The summed E-state index contributed by atoms with van der Waals surface area (Å²) < 4.78 is 5.42. The second-order valence-corrected chi connectivity index (χ2v) is 8.52. The molecule has 164 valence electrons. The van der Waals surface area contributed by atoms with Crippen molar-refractivity contribution < 1.29 is 9.21 Å². The molecule has 2 aromatic heterocycles. The van der Waals surface area contributed by atoms with Crippen LogP contribution in [0.1, 0.15) is 27.2 Å². The van der Waals surface area contributed by atoms with Crippen LogP contribution in [0.15, 0.2) is 71.3 Å². The molecule has 0 unspecified atom stereocenters. The number of carbonyl (C=O) groups is 1. The maximum atomic E-state index is 13.2. The molecule has 5 heteroatoms. The third-order valence-electron chi connectivity index (χ3n) is 5.62. The number of rotatable bonds is 7. The molecular weight excluding hydrogens is 398 g/mol. The van der Waals surface area contributed by atoms with Crippen molar-refractivity contribution in [3.63, 3.8) is 0 Å². The summed E-state index contributed by atoms with van der Waals surface area (Å²) in [6.07, 6.45) is 1.54. The Balaban J connectivity index is 1.81. The minimum absolute atomic E-state index is 0.114. The molecule has 0 saturated carbocycles. The van der Waals surface area contributed by atoms with Gasteiger partial charge in [-0.15, -0.1) is 0 Å². The number of amides is 1. The Hall–Kier alpha value is -3.44. The van der Waals surface area contributed by atoms with Crippen molar-refractivity contribution in [3.8, 4) is 11.3 Å². The number of furan rings is 1. The zero-order chi connectivity index (χ0) is 22.7. The fourth-order valence-corrected chi connectivity index (χ4v) is 3.89. The molecular formula is C27H29N3O2. The van der Waals surface area contributed by atoms with Crippen molar-refractivity contribution in [3.05, 3.63) is 89.4 Å². The topological polar surface area (TPSA) is 49.6 Å². The Morgan fingerprint density at radius 1 is 0.969 bits per heavy atom. The number of hydrogen-bond acceptors (Lipinski definition) is 4. The van der Waals surface area contributed by atoms with E-state index in [1.165, 1.54) is 11.8 Å². The molecule has 2 heterocycles. The predicted octanol–water partition coefficient (Wildman–Crippen LogP) is 5.32. The van der Waals surface area contributed by atoms with Gasteiger partial charge in [0.05, 0.1) is 17.5 Å². The van der Waals surface area contributed by atoms with Gasteiger partial charge in [-0.25, -0.2) is 4.98 Å². The lowest BCUT2D eigenvalue weighted by molar-refractivity contribution is 0.0700. The van der Waals surface area contributed by atoms with Crippen molar-refractivity contribution in [2.45, 2.75) is 20.4 Å². The molecule has 0 aliphatic rings. The van der Waals surface area contributed by atoms with E-state index in [0.717, 1.165) is 39.8 Å². The van der Waals surface area contributed by atoms with Gasteiger partial charge in [0.2, 0.25) is 0 Å². The molecule has 0 bridgehead atoms. The largest absolute Gasteiger partial charge is 0.459 e. The van der Waals surface area contributed by atoms with Crippen LogP contribution in [0, 0.1) is 13.8 Å². The van der Waals surface area contributed by atoms with Crippen molar-refractivity contribution in [2.24, 2.45) is 0 Å². The average Bonchev–Trinajstić information content (AvgIpc) is 3.31. The summed E-state index contributed by atoms with van der Waals surface area (Å²) in [6, 6.07) is 20.2. The Bertz CT molecular complexity index is 1230. The van der Waals surface area contributed by atoms with Gasteiger partial charge in [0.1, 0.15) is 0 Å².